The number of ether oxygens (including phenoxy) is 3. The molecule has 8 heteroatoms. The van der Waals surface area contributed by atoms with E-state index >= 15 is 0 Å². The molecule has 6 nitrogen and oxygen atoms in total. The molecule has 0 unspecified atom stereocenters. The summed E-state index contributed by atoms with van der Waals surface area (Å²) in [5.74, 6) is 0.243. The van der Waals surface area contributed by atoms with E-state index in [1.54, 1.807) is 4.90 Å². The fourth-order valence-corrected chi connectivity index (χ4v) is 3.08. The topological polar surface area (TPSA) is 60.0 Å². The maximum atomic E-state index is 12.8. The molecule has 1 aromatic carbocycles. The number of benzene rings is 1. The van der Waals surface area contributed by atoms with Crippen LogP contribution in [0.1, 0.15) is 30.1 Å². The van der Waals surface area contributed by atoms with Gasteiger partial charge in [0, 0.05) is 18.7 Å². The number of amides is 1. The normalized spacial score (nSPS) is 15.2. The molecular formula is C18H26F2N2O4. The third-order valence-corrected chi connectivity index (χ3v) is 4.50. The number of nitrogens with one attached hydrogen (secondary N) is 1. The number of likely N-dealkylation sites (tertiary alicyclic amines) is 1. The molecule has 0 radical (unpaired) electrons. The van der Waals surface area contributed by atoms with E-state index in [-0.39, 0.29) is 23.2 Å². The van der Waals surface area contributed by atoms with E-state index in [4.69, 9.17) is 9.47 Å². The lowest BCUT2D eigenvalue weighted by Gasteiger charge is -2.32. The fourth-order valence-electron chi connectivity index (χ4n) is 3.08. The minimum atomic E-state index is -3.02. The molecule has 1 aliphatic rings. The molecule has 2 rings (SSSR count). The minimum absolute atomic E-state index is 0.0371. The van der Waals surface area contributed by atoms with Crippen molar-refractivity contribution in [3.8, 4) is 17.2 Å². The number of methoxy groups -OCH3 is 2. The largest absolute Gasteiger partial charge is 0.493 e. The summed E-state index contributed by atoms with van der Waals surface area (Å²) < 4.78 is 39.9. The lowest BCUT2D eigenvalue weighted by Crippen LogP contribution is -2.40. The highest BCUT2D eigenvalue weighted by Gasteiger charge is 2.26. The first-order chi connectivity index (χ1) is 12.5. The fraction of sp³-hybridized carbons (Fsp3) is 0.611. The van der Waals surface area contributed by atoms with Gasteiger partial charge in [-0.1, -0.05) is 6.92 Å². The van der Waals surface area contributed by atoms with Crippen molar-refractivity contribution in [2.24, 2.45) is 5.92 Å². The second-order valence-electron chi connectivity index (χ2n) is 6.13. The van der Waals surface area contributed by atoms with Crippen LogP contribution in [0.3, 0.4) is 0 Å². The molecule has 0 atom stereocenters. The molecular weight excluding hydrogens is 346 g/mol. The van der Waals surface area contributed by atoms with Crippen LogP contribution < -0.4 is 19.5 Å². The van der Waals surface area contributed by atoms with Crippen LogP contribution in [-0.4, -0.2) is 57.8 Å². The Bertz CT molecular complexity index is 580. The van der Waals surface area contributed by atoms with Gasteiger partial charge in [-0.05, 0) is 44.0 Å². The van der Waals surface area contributed by atoms with Gasteiger partial charge in [0.1, 0.15) is 0 Å². The highest BCUT2D eigenvalue weighted by molar-refractivity contribution is 5.95. The third-order valence-electron chi connectivity index (χ3n) is 4.50. The van der Waals surface area contributed by atoms with Crippen molar-refractivity contribution in [1.82, 2.24) is 10.2 Å². The van der Waals surface area contributed by atoms with Crippen LogP contribution >= 0.6 is 0 Å². The Morgan fingerprint density at radius 3 is 2.27 bits per heavy atom. The highest BCUT2D eigenvalue weighted by atomic mass is 19.3. The van der Waals surface area contributed by atoms with Crippen molar-refractivity contribution in [1.29, 1.82) is 0 Å². The number of carbonyl (C=O) groups is 1. The maximum Gasteiger partial charge on any atom is 0.387 e. The standard InChI is InChI=1S/C18H26F2N2O4/c1-4-21-11-12-5-7-22(8-6-12)17(23)13-9-14(24-2)16(26-18(19)20)15(10-13)25-3/h9-10,12,18,21H,4-8,11H2,1-3H3. The Morgan fingerprint density at radius 1 is 1.23 bits per heavy atom. The predicted octanol–water partition coefficient (Wildman–Crippen LogP) is 2.77. The number of hydrogen-bond acceptors (Lipinski definition) is 5. The summed E-state index contributed by atoms with van der Waals surface area (Å²) in [6, 6.07) is 2.82. The first-order valence-electron chi connectivity index (χ1n) is 8.70. The van der Waals surface area contributed by atoms with E-state index < -0.39 is 6.61 Å². The van der Waals surface area contributed by atoms with Gasteiger partial charge in [0.25, 0.3) is 5.91 Å². The van der Waals surface area contributed by atoms with Gasteiger partial charge in [0.15, 0.2) is 11.5 Å². The molecule has 26 heavy (non-hydrogen) atoms. The van der Waals surface area contributed by atoms with Gasteiger partial charge in [-0.2, -0.15) is 8.78 Å². The van der Waals surface area contributed by atoms with Crippen LogP contribution in [0.25, 0.3) is 0 Å². The van der Waals surface area contributed by atoms with Gasteiger partial charge in [-0.15, -0.1) is 0 Å². The monoisotopic (exact) mass is 372 g/mol. The molecule has 0 aromatic heterocycles. The van der Waals surface area contributed by atoms with E-state index in [1.165, 1.54) is 26.4 Å². The van der Waals surface area contributed by atoms with E-state index in [9.17, 15) is 13.6 Å². The Labute approximate surface area is 152 Å². The summed E-state index contributed by atoms with van der Waals surface area (Å²) in [6.45, 7) is 2.27. The molecule has 0 spiro atoms. The number of rotatable bonds is 8. The van der Waals surface area contributed by atoms with Gasteiger partial charge in [-0.3, -0.25) is 4.79 Å². The van der Waals surface area contributed by atoms with Crippen molar-refractivity contribution in [2.45, 2.75) is 26.4 Å². The van der Waals surface area contributed by atoms with Crippen molar-refractivity contribution in [2.75, 3.05) is 40.4 Å². The SMILES string of the molecule is CCNCC1CCN(C(=O)c2cc(OC)c(OC(F)F)c(OC)c2)CC1. The summed E-state index contributed by atoms with van der Waals surface area (Å²) in [7, 11) is 2.65. The lowest BCUT2D eigenvalue weighted by atomic mass is 9.96. The van der Waals surface area contributed by atoms with Crippen molar-refractivity contribution in [3.63, 3.8) is 0 Å². The van der Waals surface area contributed by atoms with Gasteiger partial charge >= 0.3 is 6.61 Å². The van der Waals surface area contributed by atoms with Crippen molar-refractivity contribution < 1.29 is 27.8 Å². The molecule has 146 valence electrons. The first kappa shape index (κ1) is 20.2. The van der Waals surface area contributed by atoms with E-state index in [2.05, 4.69) is 17.0 Å². The molecule has 1 N–H and O–H groups in total. The molecule has 1 fully saturated rings. The molecule has 1 saturated heterocycles. The van der Waals surface area contributed by atoms with Gasteiger partial charge in [-0.25, -0.2) is 0 Å². The van der Waals surface area contributed by atoms with Crippen molar-refractivity contribution in [3.05, 3.63) is 17.7 Å². The van der Waals surface area contributed by atoms with Crippen LogP contribution in [0, 0.1) is 5.92 Å². The number of carbonyl (C=O) groups excluding carboxylic acids is 1. The highest BCUT2D eigenvalue weighted by Crippen LogP contribution is 2.40. The van der Waals surface area contributed by atoms with E-state index in [0.29, 0.717) is 24.6 Å². The van der Waals surface area contributed by atoms with Crippen LogP contribution in [-0.2, 0) is 0 Å². The van der Waals surface area contributed by atoms with Gasteiger partial charge < -0.3 is 24.4 Å². The summed E-state index contributed by atoms with van der Waals surface area (Å²) in [5.41, 5.74) is 0.324. The Balaban J connectivity index is 2.14. The van der Waals surface area contributed by atoms with Crippen LogP contribution in [0.5, 0.6) is 17.2 Å². The van der Waals surface area contributed by atoms with Crippen molar-refractivity contribution >= 4 is 5.91 Å². The van der Waals surface area contributed by atoms with E-state index in [1.807, 2.05) is 0 Å². The lowest BCUT2D eigenvalue weighted by molar-refractivity contribution is -0.0526. The summed E-state index contributed by atoms with van der Waals surface area (Å²) in [4.78, 5) is 14.6. The number of alkyl halides is 2. The zero-order valence-electron chi connectivity index (χ0n) is 15.4. The second-order valence-corrected chi connectivity index (χ2v) is 6.13. The number of hydrogen-bond donors (Lipinski definition) is 1. The quantitative estimate of drug-likeness (QED) is 0.760. The zero-order chi connectivity index (χ0) is 19.1. The average molecular weight is 372 g/mol. The van der Waals surface area contributed by atoms with Crippen LogP contribution in [0.2, 0.25) is 0 Å². The maximum absolute atomic E-state index is 12.8. The first-order valence-corrected chi connectivity index (χ1v) is 8.70. The average Bonchev–Trinajstić information content (AvgIpc) is 2.65. The molecule has 0 aliphatic carbocycles. The molecule has 1 amide bonds. The summed E-state index contributed by atoms with van der Waals surface area (Å²) in [6.07, 6.45) is 1.86. The Kier molecular flexibility index (Phi) is 7.44. The molecule has 1 aromatic rings. The van der Waals surface area contributed by atoms with E-state index in [0.717, 1.165) is 25.9 Å². The molecule has 0 saturated carbocycles. The number of nitrogens with zero attached hydrogens (tertiary/aromatic N) is 1. The zero-order valence-corrected chi connectivity index (χ0v) is 15.4. The number of piperidine rings is 1. The minimum Gasteiger partial charge on any atom is -0.493 e. The van der Waals surface area contributed by atoms with Crippen LogP contribution in [0.4, 0.5) is 8.78 Å². The number of halogens is 2. The molecule has 0 bridgehead atoms. The Hall–Kier alpha value is -2.09. The Morgan fingerprint density at radius 2 is 1.81 bits per heavy atom. The summed E-state index contributed by atoms with van der Waals surface area (Å²) >= 11 is 0. The molecule has 1 heterocycles. The van der Waals surface area contributed by atoms with Crippen LogP contribution in [0.15, 0.2) is 12.1 Å². The van der Waals surface area contributed by atoms with Gasteiger partial charge in [0.05, 0.1) is 14.2 Å². The third kappa shape index (κ3) is 4.97. The predicted molar refractivity (Wildman–Crippen MR) is 93.3 cm³/mol. The van der Waals surface area contributed by atoms with Gasteiger partial charge in [0.2, 0.25) is 5.75 Å². The summed E-state index contributed by atoms with van der Waals surface area (Å²) in [5, 5.41) is 3.33. The molecule has 1 aliphatic heterocycles. The second kappa shape index (κ2) is 9.56. The smallest absolute Gasteiger partial charge is 0.387 e.